The largest absolute Gasteiger partial charge is 0.360 e. The van der Waals surface area contributed by atoms with Crippen molar-refractivity contribution in [1.82, 2.24) is 10.1 Å². The van der Waals surface area contributed by atoms with Gasteiger partial charge in [0.25, 0.3) is 5.91 Å². The smallest absolute Gasteiger partial charge is 0.276 e. The highest BCUT2D eigenvalue weighted by molar-refractivity contribution is 5.92. The van der Waals surface area contributed by atoms with Crippen LogP contribution in [0.5, 0.6) is 0 Å². The monoisotopic (exact) mass is 310 g/mol. The van der Waals surface area contributed by atoms with Crippen molar-refractivity contribution in [2.75, 3.05) is 13.1 Å². The van der Waals surface area contributed by atoms with E-state index in [0.29, 0.717) is 17.5 Å². The number of carbonyl (C=O) groups excluding carboxylic acids is 1. The van der Waals surface area contributed by atoms with Crippen LogP contribution in [0.25, 0.3) is 0 Å². The minimum absolute atomic E-state index is 0.0267. The summed E-state index contributed by atoms with van der Waals surface area (Å²) in [6, 6.07) is 12.5. The summed E-state index contributed by atoms with van der Waals surface area (Å²) >= 11 is 0. The van der Waals surface area contributed by atoms with Crippen molar-refractivity contribution in [1.29, 1.82) is 0 Å². The summed E-state index contributed by atoms with van der Waals surface area (Å²) < 4.78 is 5.30. The molecule has 23 heavy (non-hydrogen) atoms. The Morgan fingerprint density at radius 3 is 2.57 bits per heavy atom. The van der Waals surface area contributed by atoms with Crippen LogP contribution in [0.1, 0.15) is 53.4 Å². The van der Waals surface area contributed by atoms with Gasteiger partial charge in [-0.05, 0) is 43.6 Å². The van der Waals surface area contributed by atoms with Gasteiger partial charge in [0.1, 0.15) is 5.76 Å². The molecule has 4 rings (SSSR count). The first-order valence-electron chi connectivity index (χ1n) is 8.59. The van der Waals surface area contributed by atoms with Crippen LogP contribution in [0, 0.1) is 5.92 Å². The Labute approximate surface area is 136 Å². The van der Waals surface area contributed by atoms with Crippen LogP contribution in [0.15, 0.2) is 40.9 Å². The summed E-state index contributed by atoms with van der Waals surface area (Å²) in [5, 5.41) is 3.97. The first-order chi connectivity index (χ1) is 11.3. The number of hydrogen-bond acceptors (Lipinski definition) is 3. The van der Waals surface area contributed by atoms with Crippen molar-refractivity contribution in [3.63, 3.8) is 0 Å². The maximum Gasteiger partial charge on any atom is 0.276 e. The molecule has 0 unspecified atom stereocenters. The number of aromatic nitrogens is 1. The number of piperidine rings is 1. The standard InChI is InChI=1S/C19H22N2O2/c22-19(17-13-18(23-20-17)16-6-7-16)21-10-8-15(9-11-21)12-14-4-2-1-3-5-14/h1-5,13,15-16H,6-12H2. The molecule has 0 N–H and O–H groups in total. The van der Waals surface area contributed by atoms with Gasteiger partial charge in [-0.2, -0.15) is 0 Å². The highest BCUT2D eigenvalue weighted by Crippen LogP contribution is 2.40. The molecule has 1 aromatic heterocycles. The molecule has 2 fully saturated rings. The molecule has 1 saturated heterocycles. The molecule has 0 bridgehead atoms. The van der Waals surface area contributed by atoms with E-state index >= 15 is 0 Å². The molecule has 1 saturated carbocycles. The number of amides is 1. The predicted octanol–water partition coefficient (Wildman–Crippen LogP) is 3.65. The van der Waals surface area contributed by atoms with Crippen LogP contribution in [0.2, 0.25) is 0 Å². The lowest BCUT2D eigenvalue weighted by Gasteiger charge is -2.31. The molecular weight excluding hydrogens is 288 g/mol. The van der Waals surface area contributed by atoms with Gasteiger partial charge in [-0.15, -0.1) is 0 Å². The predicted molar refractivity (Wildman–Crippen MR) is 87.3 cm³/mol. The highest BCUT2D eigenvalue weighted by Gasteiger charge is 2.30. The van der Waals surface area contributed by atoms with E-state index in [0.717, 1.165) is 51.0 Å². The van der Waals surface area contributed by atoms with Crippen molar-refractivity contribution < 1.29 is 9.32 Å². The second-order valence-corrected chi connectivity index (χ2v) is 6.81. The van der Waals surface area contributed by atoms with E-state index in [4.69, 9.17) is 4.52 Å². The van der Waals surface area contributed by atoms with E-state index in [-0.39, 0.29) is 5.91 Å². The summed E-state index contributed by atoms with van der Waals surface area (Å²) in [6.45, 7) is 1.64. The molecule has 4 nitrogen and oxygen atoms in total. The quantitative estimate of drug-likeness (QED) is 0.866. The third-order valence-electron chi connectivity index (χ3n) is 5.00. The van der Waals surface area contributed by atoms with Gasteiger partial charge in [0.05, 0.1) is 0 Å². The van der Waals surface area contributed by atoms with E-state index < -0.39 is 0 Å². The third kappa shape index (κ3) is 3.31. The number of rotatable bonds is 4. The number of hydrogen-bond donors (Lipinski definition) is 0. The number of carbonyl (C=O) groups is 1. The maximum atomic E-state index is 12.5. The topological polar surface area (TPSA) is 46.3 Å². The minimum Gasteiger partial charge on any atom is -0.360 e. The van der Waals surface area contributed by atoms with Crippen LogP contribution >= 0.6 is 0 Å². The average Bonchev–Trinajstić information content (AvgIpc) is 3.33. The highest BCUT2D eigenvalue weighted by atomic mass is 16.5. The molecular formula is C19H22N2O2. The van der Waals surface area contributed by atoms with E-state index in [1.54, 1.807) is 0 Å². The average molecular weight is 310 g/mol. The Bertz CT molecular complexity index is 668. The number of nitrogens with zero attached hydrogens (tertiary/aromatic N) is 2. The van der Waals surface area contributed by atoms with Crippen LogP contribution in [0.4, 0.5) is 0 Å². The molecule has 0 radical (unpaired) electrons. The fraction of sp³-hybridized carbons (Fsp3) is 0.474. The van der Waals surface area contributed by atoms with E-state index in [1.165, 1.54) is 5.56 Å². The van der Waals surface area contributed by atoms with Gasteiger partial charge in [0, 0.05) is 25.1 Å². The molecule has 2 aliphatic rings. The molecule has 4 heteroatoms. The molecule has 0 spiro atoms. The normalized spacial score (nSPS) is 19.0. The number of likely N-dealkylation sites (tertiary alicyclic amines) is 1. The van der Waals surface area contributed by atoms with Gasteiger partial charge >= 0.3 is 0 Å². The Kier molecular flexibility index (Phi) is 3.90. The van der Waals surface area contributed by atoms with Crippen molar-refractivity contribution in [2.45, 2.75) is 38.0 Å². The van der Waals surface area contributed by atoms with E-state index in [9.17, 15) is 4.79 Å². The summed E-state index contributed by atoms with van der Waals surface area (Å²) in [7, 11) is 0. The zero-order valence-corrected chi connectivity index (χ0v) is 13.3. The summed E-state index contributed by atoms with van der Waals surface area (Å²) in [5.41, 5.74) is 1.87. The SMILES string of the molecule is O=C(c1cc(C2CC2)on1)N1CCC(Cc2ccccc2)CC1. The summed E-state index contributed by atoms with van der Waals surface area (Å²) in [4.78, 5) is 14.5. The zero-order chi connectivity index (χ0) is 15.6. The molecule has 1 amide bonds. The van der Waals surface area contributed by atoms with E-state index in [2.05, 4.69) is 35.5 Å². The van der Waals surface area contributed by atoms with Crippen LogP contribution < -0.4 is 0 Å². The van der Waals surface area contributed by atoms with Crippen LogP contribution in [-0.2, 0) is 6.42 Å². The molecule has 2 heterocycles. The van der Waals surface area contributed by atoms with Crippen molar-refractivity contribution in [3.8, 4) is 0 Å². The fourth-order valence-electron chi connectivity index (χ4n) is 3.40. The van der Waals surface area contributed by atoms with Gasteiger partial charge in [0.15, 0.2) is 5.69 Å². The summed E-state index contributed by atoms with van der Waals surface area (Å²) in [6.07, 6.45) is 5.56. The third-order valence-corrected chi connectivity index (χ3v) is 5.00. The molecule has 1 aliphatic carbocycles. The molecule has 2 aromatic rings. The Balaban J connectivity index is 1.32. The van der Waals surface area contributed by atoms with Gasteiger partial charge in [-0.25, -0.2) is 0 Å². The second kappa shape index (κ2) is 6.19. The minimum atomic E-state index is 0.0267. The van der Waals surface area contributed by atoms with Crippen molar-refractivity contribution in [2.24, 2.45) is 5.92 Å². The molecule has 1 aliphatic heterocycles. The lowest BCUT2D eigenvalue weighted by Crippen LogP contribution is -2.39. The first kappa shape index (κ1) is 14.5. The Hall–Kier alpha value is -2.10. The Morgan fingerprint density at radius 2 is 1.87 bits per heavy atom. The van der Waals surface area contributed by atoms with Gasteiger partial charge < -0.3 is 9.42 Å². The molecule has 120 valence electrons. The first-order valence-corrected chi connectivity index (χ1v) is 8.59. The van der Waals surface area contributed by atoms with Crippen LogP contribution in [0.3, 0.4) is 0 Å². The lowest BCUT2D eigenvalue weighted by molar-refractivity contribution is 0.0680. The molecule has 0 atom stereocenters. The van der Waals surface area contributed by atoms with Gasteiger partial charge in [-0.3, -0.25) is 4.79 Å². The zero-order valence-electron chi connectivity index (χ0n) is 13.3. The molecule has 1 aromatic carbocycles. The van der Waals surface area contributed by atoms with Crippen LogP contribution in [-0.4, -0.2) is 29.1 Å². The summed E-state index contributed by atoms with van der Waals surface area (Å²) in [5.74, 6) is 2.08. The fourth-order valence-corrected chi connectivity index (χ4v) is 3.40. The Morgan fingerprint density at radius 1 is 1.13 bits per heavy atom. The van der Waals surface area contributed by atoms with Crippen molar-refractivity contribution >= 4 is 5.91 Å². The van der Waals surface area contributed by atoms with E-state index in [1.807, 2.05) is 11.0 Å². The van der Waals surface area contributed by atoms with Crippen molar-refractivity contribution in [3.05, 3.63) is 53.4 Å². The maximum absolute atomic E-state index is 12.5. The second-order valence-electron chi connectivity index (χ2n) is 6.81. The lowest BCUT2D eigenvalue weighted by atomic mass is 9.90. The van der Waals surface area contributed by atoms with Gasteiger partial charge in [-0.1, -0.05) is 35.5 Å². The number of benzene rings is 1. The van der Waals surface area contributed by atoms with Gasteiger partial charge in [0.2, 0.25) is 0 Å².